The summed E-state index contributed by atoms with van der Waals surface area (Å²) in [5.74, 6) is -0.141. The second kappa shape index (κ2) is 9.55. The zero-order valence-electron chi connectivity index (χ0n) is 17.8. The molecule has 0 aromatic heterocycles. The Balaban J connectivity index is 1.85. The predicted octanol–water partition coefficient (Wildman–Crippen LogP) is 2.56. The molecule has 2 aromatic rings. The van der Waals surface area contributed by atoms with Gasteiger partial charge < -0.3 is 13.9 Å². The standard InChI is InChI=1S/C23H29NO5Si/c1-23(2,3)30(20-10-6-4-7-11-20,21-12-8-5-9-13-21)29-18-28-22(26)24-14-15-27-17-19(25)16-24/h4-13H,14-18H2,1-3H3. The number of Topliss-reactive ketones (excluding diaryl/α,β-unsaturated/α-hetero) is 1. The highest BCUT2D eigenvalue weighted by Crippen LogP contribution is 2.36. The van der Waals surface area contributed by atoms with Gasteiger partial charge in [-0.1, -0.05) is 81.4 Å². The number of ketones is 1. The molecule has 0 spiro atoms. The zero-order chi connectivity index (χ0) is 21.6. The highest BCUT2D eigenvalue weighted by Gasteiger charge is 2.50. The van der Waals surface area contributed by atoms with E-state index in [4.69, 9.17) is 13.9 Å². The normalized spacial score (nSPS) is 15.6. The Morgan fingerprint density at radius 2 is 1.60 bits per heavy atom. The van der Waals surface area contributed by atoms with Gasteiger partial charge in [-0.3, -0.25) is 9.69 Å². The first kappa shape index (κ1) is 22.2. The molecular formula is C23H29NO5Si. The smallest absolute Gasteiger partial charge is 0.412 e. The van der Waals surface area contributed by atoms with E-state index in [2.05, 4.69) is 45.0 Å². The molecule has 1 aliphatic rings. The topological polar surface area (TPSA) is 65.1 Å². The molecule has 2 aromatic carbocycles. The number of ether oxygens (including phenoxy) is 2. The third-order valence-electron chi connectivity index (χ3n) is 5.27. The van der Waals surface area contributed by atoms with E-state index in [1.165, 1.54) is 4.90 Å². The molecule has 0 unspecified atom stereocenters. The molecule has 0 saturated carbocycles. The lowest BCUT2D eigenvalue weighted by atomic mass is 10.2. The molecule has 0 atom stereocenters. The molecule has 3 rings (SSSR count). The van der Waals surface area contributed by atoms with Crippen molar-refractivity contribution in [1.82, 2.24) is 4.90 Å². The fraction of sp³-hybridized carbons (Fsp3) is 0.391. The summed E-state index contributed by atoms with van der Waals surface area (Å²) in [6, 6.07) is 20.3. The fourth-order valence-electron chi connectivity index (χ4n) is 3.88. The van der Waals surface area contributed by atoms with Gasteiger partial charge in [-0.2, -0.15) is 0 Å². The molecule has 1 heterocycles. The molecule has 7 heteroatoms. The van der Waals surface area contributed by atoms with Crippen LogP contribution in [0.4, 0.5) is 4.79 Å². The molecule has 0 aliphatic carbocycles. The van der Waals surface area contributed by atoms with Crippen LogP contribution < -0.4 is 10.4 Å². The number of rotatable bonds is 5. The molecule has 6 nitrogen and oxygen atoms in total. The maximum Gasteiger partial charge on any atom is 0.412 e. The summed E-state index contributed by atoms with van der Waals surface area (Å²) in [5, 5.41) is 2.00. The predicted molar refractivity (Wildman–Crippen MR) is 117 cm³/mol. The van der Waals surface area contributed by atoms with Gasteiger partial charge in [-0.05, 0) is 15.4 Å². The molecule has 1 aliphatic heterocycles. The van der Waals surface area contributed by atoms with Gasteiger partial charge in [0.2, 0.25) is 0 Å². The average molecular weight is 428 g/mol. The average Bonchev–Trinajstić information content (AvgIpc) is 2.96. The maximum atomic E-state index is 12.5. The molecule has 0 N–H and O–H groups in total. The van der Waals surface area contributed by atoms with E-state index >= 15 is 0 Å². The van der Waals surface area contributed by atoms with Gasteiger partial charge >= 0.3 is 6.09 Å². The van der Waals surface area contributed by atoms with Crippen molar-refractivity contribution in [3.8, 4) is 0 Å². The Hall–Kier alpha value is -2.48. The van der Waals surface area contributed by atoms with Crippen molar-refractivity contribution in [3.05, 3.63) is 60.7 Å². The fourth-order valence-corrected chi connectivity index (χ4v) is 8.27. The van der Waals surface area contributed by atoms with Gasteiger partial charge in [0.15, 0.2) is 12.6 Å². The molecule has 0 bridgehead atoms. The quantitative estimate of drug-likeness (QED) is 0.542. The minimum atomic E-state index is -2.78. The van der Waals surface area contributed by atoms with Crippen molar-refractivity contribution in [2.75, 3.05) is 33.1 Å². The number of amides is 1. The first-order valence-electron chi connectivity index (χ1n) is 10.1. The van der Waals surface area contributed by atoms with E-state index in [-0.39, 0.29) is 30.8 Å². The van der Waals surface area contributed by atoms with Crippen LogP contribution in [-0.4, -0.2) is 58.2 Å². The second-order valence-electron chi connectivity index (χ2n) is 8.35. The molecule has 1 amide bonds. The lowest BCUT2D eigenvalue weighted by Gasteiger charge is -2.42. The third kappa shape index (κ3) is 4.80. The largest absolute Gasteiger partial charge is 0.423 e. The number of carbonyl (C=O) groups is 2. The minimum Gasteiger partial charge on any atom is -0.423 e. The lowest BCUT2D eigenvalue weighted by Crippen LogP contribution is -2.66. The van der Waals surface area contributed by atoms with Crippen molar-refractivity contribution >= 4 is 30.6 Å². The molecule has 160 valence electrons. The Bertz CT molecular complexity index is 811. The van der Waals surface area contributed by atoms with Gasteiger partial charge in [0.1, 0.15) is 6.61 Å². The van der Waals surface area contributed by atoms with Crippen LogP contribution in [0.3, 0.4) is 0 Å². The van der Waals surface area contributed by atoms with Gasteiger partial charge in [-0.15, -0.1) is 0 Å². The zero-order valence-corrected chi connectivity index (χ0v) is 18.8. The number of benzene rings is 2. The highest BCUT2D eigenvalue weighted by atomic mass is 28.4. The van der Waals surface area contributed by atoms with Crippen LogP contribution in [-0.2, 0) is 18.7 Å². The molecule has 1 fully saturated rings. The first-order valence-corrected chi connectivity index (χ1v) is 12.0. The number of hydrogen-bond acceptors (Lipinski definition) is 5. The van der Waals surface area contributed by atoms with Crippen molar-refractivity contribution in [2.24, 2.45) is 0 Å². The Morgan fingerprint density at radius 3 is 2.13 bits per heavy atom. The minimum absolute atomic E-state index is 0.00194. The first-order chi connectivity index (χ1) is 14.3. The van der Waals surface area contributed by atoms with Crippen LogP contribution in [0.1, 0.15) is 20.8 Å². The van der Waals surface area contributed by atoms with Crippen LogP contribution in [0.2, 0.25) is 5.04 Å². The summed E-state index contributed by atoms with van der Waals surface area (Å²) in [5.41, 5.74) is 0. The van der Waals surface area contributed by atoms with Crippen molar-refractivity contribution < 1.29 is 23.5 Å². The maximum absolute atomic E-state index is 12.5. The van der Waals surface area contributed by atoms with Crippen LogP contribution in [0.5, 0.6) is 0 Å². The van der Waals surface area contributed by atoms with E-state index in [1.54, 1.807) is 0 Å². The van der Waals surface area contributed by atoms with Crippen molar-refractivity contribution in [3.63, 3.8) is 0 Å². The van der Waals surface area contributed by atoms with E-state index in [9.17, 15) is 9.59 Å². The monoisotopic (exact) mass is 427 g/mol. The number of nitrogens with zero attached hydrogens (tertiary/aromatic N) is 1. The summed E-state index contributed by atoms with van der Waals surface area (Å²) < 4.78 is 17.2. The summed E-state index contributed by atoms with van der Waals surface area (Å²) >= 11 is 0. The third-order valence-corrected chi connectivity index (χ3v) is 10.2. The van der Waals surface area contributed by atoms with Gasteiger partial charge in [0, 0.05) is 6.54 Å². The number of hydrogen-bond donors (Lipinski definition) is 0. The van der Waals surface area contributed by atoms with Gasteiger partial charge in [0.05, 0.1) is 13.2 Å². The molecule has 0 radical (unpaired) electrons. The van der Waals surface area contributed by atoms with E-state index in [0.29, 0.717) is 13.2 Å². The van der Waals surface area contributed by atoms with E-state index < -0.39 is 14.4 Å². The van der Waals surface area contributed by atoms with Crippen LogP contribution in [0.15, 0.2) is 60.7 Å². The van der Waals surface area contributed by atoms with E-state index in [0.717, 1.165) is 10.4 Å². The highest BCUT2D eigenvalue weighted by molar-refractivity contribution is 6.99. The van der Waals surface area contributed by atoms with E-state index in [1.807, 2.05) is 36.4 Å². The second-order valence-corrected chi connectivity index (χ2v) is 12.7. The summed E-state index contributed by atoms with van der Waals surface area (Å²) in [6.07, 6.45) is -0.563. The number of carbonyl (C=O) groups excluding carboxylic acids is 2. The van der Waals surface area contributed by atoms with Crippen LogP contribution in [0.25, 0.3) is 0 Å². The molecule has 1 saturated heterocycles. The summed E-state index contributed by atoms with van der Waals surface area (Å²) in [4.78, 5) is 25.6. The van der Waals surface area contributed by atoms with Crippen molar-refractivity contribution in [2.45, 2.75) is 25.8 Å². The Labute approximate surface area is 178 Å². The van der Waals surface area contributed by atoms with Crippen molar-refractivity contribution in [1.29, 1.82) is 0 Å². The molecular weight excluding hydrogens is 398 g/mol. The van der Waals surface area contributed by atoms with Crippen LogP contribution >= 0.6 is 0 Å². The van der Waals surface area contributed by atoms with Gasteiger partial charge in [-0.25, -0.2) is 4.79 Å². The SMILES string of the molecule is CC(C)(C)[Si](OCOC(=O)N1CCOCC(=O)C1)(c1ccccc1)c1ccccc1. The Morgan fingerprint density at radius 1 is 1.03 bits per heavy atom. The Kier molecular flexibility index (Phi) is 7.07. The van der Waals surface area contributed by atoms with Crippen LogP contribution in [0, 0.1) is 0 Å². The molecule has 30 heavy (non-hydrogen) atoms. The summed E-state index contributed by atoms with van der Waals surface area (Å²) in [6.45, 7) is 6.96. The lowest BCUT2D eigenvalue weighted by molar-refractivity contribution is -0.122. The summed E-state index contributed by atoms with van der Waals surface area (Å²) in [7, 11) is -2.78. The van der Waals surface area contributed by atoms with Gasteiger partial charge in [0.25, 0.3) is 8.32 Å².